The van der Waals surface area contributed by atoms with Crippen LogP contribution in [0.3, 0.4) is 0 Å². The van der Waals surface area contributed by atoms with Crippen LogP contribution in [-0.4, -0.2) is 75.2 Å². The van der Waals surface area contributed by atoms with Crippen LogP contribution in [0.2, 0.25) is 0 Å². The topological polar surface area (TPSA) is 107 Å². The van der Waals surface area contributed by atoms with Gasteiger partial charge in [-0.2, -0.15) is 10.4 Å². The van der Waals surface area contributed by atoms with Crippen LogP contribution in [0.4, 0.5) is 10.2 Å². The van der Waals surface area contributed by atoms with E-state index in [1.807, 2.05) is 34.9 Å². The number of carbonyl (C=O) groups excluding carboxylic acids is 1. The van der Waals surface area contributed by atoms with Gasteiger partial charge in [-0.3, -0.25) is 13.9 Å². The van der Waals surface area contributed by atoms with Crippen molar-refractivity contribution in [3.63, 3.8) is 0 Å². The maximum absolute atomic E-state index is 14.8. The molecule has 0 saturated carbocycles. The Hall–Kier alpha value is -4.82. The number of rotatable bonds is 6. The number of halogens is 1. The first-order valence-corrected chi connectivity index (χ1v) is 13.5. The van der Waals surface area contributed by atoms with Gasteiger partial charge < -0.3 is 15.1 Å². The highest BCUT2D eigenvalue weighted by molar-refractivity contribution is 5.90. The number of hydrogen-bond acceptors (Lipinski definition) is 7. The Kier molecular flexibility index (Phi) is 6.85. The molecule has 41 heavy (non-hydrogen) atoms. The van der Waals surface area contributed by atoms with E-state index >= 15 is 0 Å². The summed E-state index contributed by atoms with van der Waals surface area (Å²) in [6.07, 6.45) is 7.54. The van der Waals surface area contributed by atoms with Crippen molar-refractivity contribution in [2.45, 2.75) is 25.4 Å². The molecule has 1 amide bonds. The molecule has 1 N–H and O–H groups in total. The molecular formula is C30H30FN9O. The summed E-state index contributed by atoms with van der Waals surface area (Å²) >= 11 is 0. The van der Waals surface area contributed by atoms with Crippen LogP contribution in [0.25, 0.3) is 39.1 Å². The smallest absolute Gasteiger partial charge is 0.241 e. The number of aromatic nitrogens is 5. The third kappa shape index (κ3) is 4.76. The van der Waals surface area contributed by atoms with E-state index in [4.69, 9.17) is 9.97 Å². The summed E-state index contributed by atoms with van der Waals surface area (Å²) in [6.45, 7) is 1.82. The molecule has 0 radical (unpaired) electrons. The molecule has 208 valence electrons. The molecule has 1 aliphatic heterocycles. The number of hydrogen-bond donors (Lipinski definition) is 1. The minimum absolute atomic E-state index is 0.0191. The van der Waals surface area contributed by atoms with Crippen LogP contribution in [0, 0.1) is 17.1 Å². The van der Waals surface area contributed by atoms with Gasteiger partial charge in [-0.15, -0.1) is 0 Å². The van der Waals surface area contributed by atoms with Crippen LogP contribution in [0.5, 0.6) is 0 Å². The second-order valence-electron chi connectivity index (χ2n) is 10.5. The molecule has 1 atom stereocenters. The summed E-state index contributed by atoms with van der Waals surface area (Å²) in [5, 5.41) is 17.2. The molecule has 1 saturated heterocycles. The fourth-order valence-corrected chi connectivity index (χ4v) is 5.56. The lowest BCUT2D eigenvalue weighted by molar-refractivity contribution is -0.121. The predicted octanol–water partition coefficient (Wildman–Crippen LogP) is 3.70. The van der Waals surface area contributed by atoms with E-state index < -0.39 is 5.82 Å². The van der Waals surface area contributed by atoms with Crippen molar-refractivity contribution in [2.24, 2.45) is 0 Å². The van der Waals surface area contributed by atoms with Gasteiger partial charge in [-0.25, -0.2) is 14.4 Å². The number of likely N-dealkylation sites (N-methyl/N-ethyl adjacent to an activating group) is 2. The Bertz CT molecular complexity index is 1820. The maximum atomic E-state index is 14.8. The van der Waals surface area contributed by atoms with Gasteiger partial charge in [0.2, 0.25) is 5.91 Å². The van der Waals surface area contributed by atoms with Gasteiger partial charge in [0.1, 0.15) is 18.4 Å². The van der Waals surface area contributed by atoms with E-state index in [-0.39, 0.29) is 18.0 Å². The number of fused-ring (bicyclic) bond motifs is 2. The standard InChI is InChI=1S/C30H30FN9O/c1-33-26(41)18-40-25-9-8-20(13-22(25)16-35-40)28-27(19-6-7-21(15-32)24(31)14-19)36-30-29(34-10-12-39(28)30)38-11-4-5-23(17-38)37(2)3/h6-10,12-14,16,23H,4-5,11,17-18H2,1-3H3,(H,33,41)/t23-/m1/s1. The van der Waals surface area contributed by atoms with Crippen molar-refractivity contribution >= 4 is 28.3 Å². The number of carbonyl (C=O) groups is 1. The lowest BCUT2D eigenvalue weighted by Gasteiger charge is -2.36. The van der Waals surface area contributed by atoms with E-state index in [2.05, 4.69) is 34.3 Å². The number of benzene rings is 2. The highest BCUT2D eigenvalue weighted by Crippen LogP contribution is 2.37. The van der Waals surface area contributed by atoms with Crippen LogP contribution < -0.4 is 10.2 Å². The number of nitrogens with zero attached hydrogens (tertiary/aromatic N) is 8. The summed E-state index contributed by atoms with van der Waals surface area (Å²) in [5.41, 5.74) is 4.25. The van der Waals surface area contributed by atoms with Crippen LogP contribution in [0.15, 0.2) is 55.0 Å². The highest BCUT2D eigenvalue weighted by Gasteiger charge is 2.27. The fraction of sp³-hybridized carbons (Fsp3) is 0.300. The second kappa shape index (κ2) is 10.6. The van der Waals surface area contributed by atoms with Gasteiger partial charge >= 0.3 is 0 Å². The molecule has 0 bridgehead atoms. The molecule has 3 aromatic heterocycles. The molecule has 11 heteroatoms. The van der Waals surface area contributed by atoms with Crippen molar-refractivity contribution < 1.29 is 9.18 Å². The van der Waals surface area contributed by atoms with E-state index in [0.29, 0.717) is 22.9 Å². The first-order chi connectivity index (χ1) is 19.9. The zero-order chi connectivity index (χ0) is 28.7. The number of nitrogens with one attached hydrogen (secondary N) is 1. The molecular weight excluding hydrogens is 521 g/mol. The number of amides is 1. The zero-order valence-corrected chi connectivity index (χ0v) is 23.2. The van der Waals surface area contributed by atoms with Crippen LogP contribution >= 0.6 is 0 Å². The Morgan fingerprint density at radius 2 is 2.05 bits per heavy atom. The Morgan fingerprint density at radius 3 is 2.80 bits per heavy atom. The second-order valence-corrected chi connectivity index (χ2v) is 10.5. The maximum Gasteiger partial charge on any atom is 0.241 e. The molecule has 1 fully saturated rings. The normalized spacial score (nSPS) is 15.5. The van der Waals surface area contributed by atoms with Gasteiger partial charge in [0.05, 0.1) is 28.7 Å². The Labute approximate surface area is 236 Å². The van der Waals surface area contributed by atoms with E-state index in [1.165, 1.54) is 12.1 Å². The third-order valence-corrected chi connectivity index (χ3v) is 7.80. The highest BCUT2D eigenvalue weighted by atomic mass is 19.1. The minimum atomic E-state index is -0.595. The van der Waals surface area contributed by atoms with Crippen molar-refractivity contribution in [1.82, 2.24) is 34.4 Å². The van der Waals surface area contributed by atoms with Crippen LogP contribution in [-0.2, 0) is 11.3 Å². The summed E-state index contributed by atoms with van der Waals surface area (Å²) in [6, 6.07) is 12.8. The van der Waals surface area contributed by atoms with Crippen molar-refractivity contribution in [2.75, 3.05) is 39.1 Å². The molecule has 0 unspecified atom stereocenters. The monoisotopic (exact) mass is 551 g/mol. The number of piperidine rings is 1. The van der Waals surface area contributed by atoms with Crippen molar-refractivity contribution in [1.29, 1.82) is 5.26 Å². The SMILES string of the molecule is CNC(=O)Cn1ncc2cc(-c3c(-c4ccc(C#N)c(F)c4)nc4c(N5CCC[C@@H](N(C)C)C5)nccn34)ccc21. The Morgan fingerprint density at radius 1 is 1.22 bits per heavy atom. The van der Waals surface area contributed by atoms with Crippen molar-refractivity contribution in [3.8, 4) is 28.6 Å². The number of anilines is 1. The van der Waals surface area contributed by atoms with Crippen LogP contribution in [0.1, 0.15) is 18.4 Å². The molecule has 1 aliphatic rings. The lowest BCUT2D eigenvalue weighted by atomic mass is 10.0. The number of nitriles is 1. The molecule has 0 spiro atoms. The lowest BCUT2D eigenvalue weighted by Crippen LogP contribution is -2.45. The summed E-state index contributed by atoms with van der Waals surface area (Å²) in [4.78, 5) is 26.3. The van der Waals surface area contributed by atoms with Crippen molar-refractivity contribution in [3.05, 3.63) is 66.4 Å². The molecule has 6 rings (SSSR count). The zero-order valence-electron chi connectivity index (χ0n) is 23.2. The first-order valence-electron chi connectivity index (χ1n) is 13.5. The average molecular weight is 552 g/mol. The molecule has 2 aromatic carbocycles. The van der Waals surface area contributed by atoms with E-state index in [9.17, 15) is 14.4 Å². The van der Waals surface area contributed by atoms with Gasteiger partial charge in [0.25, 0.3) is 0 Å². The quantitative estimate of drug-likeness (QED) is 0.343. The van der Waals surface area contributed by atoms with E-state index in [0.717, 1.165) is 53.9 Å². The van der Waals surface area contributed by atoms with Gasteiger partial charge in [-0.1, -0.05) is 12.1 Å². The summed E-state index contributed by atoms with van der Waals surface area (Å²) in [5.74, 6) is 0.0440. The minimum Gasteiger partial charge on any atom is -0.358 e. The summed E-state index contributed by atoms with van der Waals surface area (Å²) < 4.78 is 18.5. The third-order valence-electron chi connectivity index (χ3n) is 7.80. The molecule has 10 nitrogen and oxygen atoms in total. The largest absolute Gasteiger partial charge is 0.358 e. The van der Waals surface area contributed by atoms with Gasteiger partial charge in [0.15, 0.2) is 11.5 Å². The first kappa shape index (κ1) is 26.4. The average Bonchev–Trinajstić information content (AvgIpc) is 3.58. The van der Waals surface area contributed by atoms with Gasteiger partial charge in [-0.05, 0) is 51.2 Å². The number of imidazole rings is 1. The molecule has 4 heterocycles. The molecule has 5 aromatic rings. The fourth-order valence-electron chi connectivity index (χ4n) is 5.56. The summed E-state index contributed by atoms with van der Waals surface area (Å²) in [7, 11) is 5.79. The predicted molar refractivity (Wildman–Crippen MR) is 155 cm³/mol. The Balaban J connectivity index is 1.53. The van der Waals surface area contributed by atoms with E-state index in [1.54, 1.807) is 30.2 Å². The molecule has 0 aliphatic carbocycles. The van der Waals surface area contributed by atoms with Gasteiger partial charge in [0, 0.05) is 55.1 Å².